The molecule has 0 unspecified atom stereocenters. The summed E-state index contributed by atoms with van der Waals surface area (Å²) in [6.45, 7) is 3.49. The number of amides is 1. The molecule has 1 saturated heterocycles. The van der Waals surface area contributed by atoms with Crippen LogP contribution in [0.5, 0.6) is 11.5 Å². The fraction of sp³-hybridized carbons (Fsp3) is 0.421. The van der Waals surface area contributed by atoms with Crippen LogP contribution in [0.4, 0.5) is 5.69 Å². The monoisotopic (exact) mass is 422 g/mol. The van der Waals surface area contributed by atoms with Gasteiger partial charge in [-0.1, -0.05) is 0 Å². The molecule has 3 heterocycles. The first kappa shape index (κ1) is 19.2. The summed E-state index contributed by atoms with van der Waals surface area (Å²) < 4.78 is 38.5. The summed E-state index contributed by atoms with van der Waals surface area (Å²) in [6.07, 6.45) is 1.31. The second-order valence-electron chi connectivity index (χ2n) is 6.91. The van der Waals surface area contributed by atoms with Crippen LogP contribution < -0.4 is 14.8 Å². The average molecular weight is 423 g/mol. The van der Waals surface area contributed by atoms with Gasteiger partial charge in [0.05, 0.1) is 5.92 Å². The van der Waals surface area contributed by atoms with Crippen molar-refractivity contribution in [3.8, 4) is 11.5 Å². The summed E-state index contributed by atoms with van der Waals surface area (Å²) in [5, 5.41) is 2.88. The van der Waals surface area contributed by atoms with Crippen LogP contribution in [-0.2, 0) is 14.8 Å². The van der Waals surface area contributed by atoms with Gasteiger partial charge in [0.25, 0.3) is 10.0 Å². The second-order valence-corrected chi connectivity index (χ2v) is 10.4. The number of carbonyl (C=O) groups excluding carboxylic acids is 1. The van der Waals surface area contributed by atoms with Crippen LogP contribution in [-0.4, -0.2) is 44.9 Å². The van der Waals surface area contributed by atoms with Crippen LogP contribution >= 0.6 is 11.3 Å². The quantitative estimate of drug-likeness (QED) is 0.819. The Morgan fingerprint density at radius 1 is 1.18 bits per heavy atom. The standard InChI is InChI=1S/C19H22N2O5S2/c1-13-4-7-18(27-13)28(23,24)21-8-2-3-14(12-21)19(22)20-15-5-6-16-17(11-15)26-10-9-25-16/h4-7,11,14H,2-3,8-10,12H2,1H3,(H,20,22)/t14-/m1/s1. The molecule has 0 saturated carbocycles. The van der Waals surface area contributed by atoms with Gasteiger partial charge in [0.1, 0.15) is 17.4 Å². The van der Waals surface area contributed by atoms with Crippen molar-refractivity contribution in [3.63, 3.8) is 0 Å². The SMILES string of the molecule is Cc1ccc(S(=O)(=O)N2CCC[C@@H](C(=O)Nc3ccc4c(c3)OCCO4)C2)s1. The van der Waals surface area contributed by atoms with Crippen LogP contribution in [0, 0.1) is 12.8 Å². The topological polar surface area (TPSA) is 84.9 Å². The molecule has 150 valence electrons. The number of fused-ring (bicyclic) bond motifs is 1. The number of nitrogens with zero attached hydrogens (tertiary/aromatic N) is 1. The van der Waals surface area contributed by atoms with E-state index < -0.39 is 15.9 Å². The van der Waals surface area contributed by atoms with Crippen LogP contribution in [0.25, 0.3) is 0 Å². The fourth-order valence-corrected chi connectivity index (χ4v) is 6.38. The largest absolute Gasteiger partial charge is 0.486 e. The highest BCUT2D eigenvalue weighted by Crippen LogP contribution is 2.33. The van der Waals surface area contributed by atoms with Crippen molar-refractivity contribution in [3.05, 3.63) is 35.2 Å². The van der Waals surface area contributed by atoms with Crippen molar-refractivity contribution < 1.29 is 22.7 Å². The van der Waals surface area contributed by atoms with Gasteiger partial charge in [0, 0.05) is 29.7 Å². The predicted molar refractivity (Wildman–Crippen MR) is 107 cm³/mol. The van der Waals surface area contributed by atoms with Crippen molar-refractivity contribution in [1.82, 2.24) is 4.31 Å². The number of nitrogens with one attached hydrogen (secondary N) is 1. The third kappa shape index (κ3) is 3.87. The number of aryl methyl sites for hydroxylation is 1. The van der Waals surface area contributed by atoms with Gasteiger partial charge in [0.2, 0.25) is 5.91 Å². The summed E-state index contributed by atoms with van der Waals surface area (Å²) in [4.78, 5) is 13.7. The molecule has 2 aromatic rings. The Hall–Kier alpha value is -2.10. The molecule has 0 radical (unpaired) electrons. The number of rotatable bonds is 4. The molecular weight excluding hydrogens is 400 g/mol. The second kappa shape index (κ2) is 7.73. The highest BCUT2D eigenvalue weighted by atomic mass is 32.2. The fourth-order valence-electron chi connectivity index (χ4n) is 3.42. The maximum absolute atomic E-state index is 12.9. The molecule has 1 fully saturated rings. The van der Waals surface area contributed by atoms with E-state index in [1.165, 1.54) is 15.6 Å². The molecule has 9 heteroatoms. The Morgan fingerprint density at radius 2 is 1.96 bits per heavy atom. The zero-order valence-electron chi connectivity index (χ0n) is 15.5. The van der Waals surface area contributed by atoms with Crippen molar-refractivity contribution in [2.75, 3.05) is 31.6 Å². The smallest absolute Gasteiger partial charge is 0.252 e. The number of piperidine rings is 1. The minimum Gasteiger partial charge on any atom is -0.486 e. The highest BCUT2D eigenvalue weighted by Gasteiger charge is 2.34. The van der Waals surface area contributed by atoms with Crippen LogP contribution in [0.15, 0.2) is 34.5 Å². The number of ether oxygens (including phenoxy) is 2. The molecule has 1 aromatic carbocycles. The molecular formula is C19H22N2O5S2. The molecule has 0 spiro atoms. The number of thiophene rings is 1. The van der Waals surface area contributed by atoms with Gasteiger partial charge in [-0.15, -0.1) is 11.3 Å². The molecule has 2 aliphatic heterocycles. The van der Waals surface area contributed by atoms with Gasteiger partial charge in [-0.05, 0) is 44.0 Å². The minimum atomic E-state index is -3.56. The summed E-state index contributed by atoms with van der Waals surface area (Å²) in [5.41, 5.74) is 0.614. The Bertz CT molecular complexity index is 986. The third-order valence-corrected chi connectivity index (χ3v) is 8.21. The molecule has 7 nitrogen and oxygen atoms in total. The van der Waals surface area contributed by atoms with E-state index in [0.29, 0.717) is 54.0 Å². The number of hydrogen-bond donors (Lipinski definition) is 1. The number of anilines is 1. The van der Waals surface area contributed by atoms with Gasteiger partial charge in [-0.25, -0.2) is 8.42 Å². The van der Waals surface area contributed by atoms with Crippen molar-refractivity contribution in [2.24, 2.45) is 5.92 Å². The van der Waals surface area contributed by atoms with E-state index in [0.717, 1.165) is 4.88 Å². The molecule has 2 aliphatic rings. The van der Waals surface area contributed by atoms with Gasteiger partial charge >= 0.3 is 0 Å². The van der Waals surface area contributed by atoms with Crippen LogP contribution in [0.1, 0.15) is 17.7 Å². The van der Waals surface area contributed by atoms with E-state index in [9.17, 15) is 13.2 Å². The van der Waals surface area contributed by atoms with Gasteiger partial charge in [-0.2, -0.15) is 4.31 Å². The first-order chi connectivity index (χ1) is 13.4. The third-order valence-electron chi connectivity index (χ3n) is 4.87. The van der Waals surface area contributed by atoms with E-state index in [1.54, 1.807) is 30.3 Å². The number of benzene rings is 1. The Morgan fingerprint density at radius 3 is 2.71 bits per heavy atom. The predicted octanol–water partition coefficient (Wildman–Crippen LogP) is 2.87. The number of sulfonamides is 1. The summed E-state index contributed by atoms with van der Waals surface area (Å²) in [7, 11) is -3.56. The zero-order valence-corrected chi connectivity index (χ0v) is 17.1. The van der Waals surface area contributed by atoms with Gasteiger partial charge < -0.3 is 14.8 Å². The normalized spacial score (nSPS) is 20.0. The summed E-state index contributed by atoms with van der Waals surface area (Å²) in [6, 6.07) is 8.69. The maximum Gasteiger partial charge on any atom is 0.252 e. The number of carbonyl (C=O) groups is 1. The molecule has 1 amide bonds. The summed E-state index contributed by atoms with van der Waals surface area (Å²) in [5.74, 6) is 0.687. The molecule has 1 atom stereocenters. The number of hydrogen-bond acceptors (Lipinski definition) is 6. The van der Waals surface area contributed by atoms with E-state index in [4.69, 9.17) is 9.47 Å². The lowest BCUT2D eigenvalue weighted by Crippen LogP contribution is -2.43. The minimum absolute atomic E-state index is 0.182. The maximum atomic E-state index is 12.9. The zero-order chi connectivity index (χ0) is 19.7. The molecule has 1 N–H and O–H groups in total. The lowest BCUT2D eigenvalue weighted by atomic mass is 9.98. The van der Waals surface area contributed by atoms with Crippen molar-refractivity contribution in [2.45, 2.75) is 24.0 Å². The lowest BCUT2D eigenvalue weighted by Gasteiger charge is -2.30. The molecule has 0 bridgehead atoms. The average Bonchev–Trinajstić information content (AvgIpc) is 3.15. The molecule has 28 heavy (non-hydrogen) atoms. The van der Waals surface area contributed by atoms with Crippen molar-refractivity contribution in [1.29, 1.82) is 0 Å². The first-order valence-corrected chi connectivity index (χ1v) is 11.5. The van der Waals surface area contributed by atoms with Gasteiger partial charge in [0.15, 0.2) is 11.5 Å². The van der Waals surface area contributed by atoms with Crippen LogP contribution in [0.2, 0.25) is 0 Å². The first-order valence-electron chi connectivity index (χ1n) is 9.20. The molecule has 1 aromatic heterocycles. The van der Waals surface area contributed by atoms with E-state index in [-0.39, 0.29) is 12.5 Å². The molecule has 0 aliphatic carbocycles. The van der Waals surface area contributed by atoms with Crippen molar-refractivity contribution >= 4 is 33.0 Å². The Kier molecular flexibility index (Phi) is 5.31. The molecule has 4 rings (SSSR count). The van der Waals surface area contributed by atoms with Gasteiger partial charge in [-0.3, -0.25) is 4.79 Å². The van der Waals surface area contributed by atoms with Crippen LogP contribution in [0.3, 0.4) is 0 Å². The Balaban J connectivity index is 1.45. The Labute approximate surface area is 168 Å². The summed E-state index contributed by atoms with van der Waals surface area (Å²) >= 11 is 1.26. The van der Waals surface area contributed by atoms with E-state index in [1.807, 2.05) is 6.92 Å². The lowest BCUT2D eigenvalue weighted by molar-refractivity contribution is -0.120. The highest BCUT2D eigenvalue weighted by molar-refractivity contribution is 7.91. The van der Waals surface area contributed by atoms with E-state index >= 15 is 0 Å². The van der Waals surface area contributed by atoms with E-state index in [2.05, 4.69) is 5.32 Å².